The third kappa shape index (κ3) is 8.38. The number of benzene rings is 7. The molecular formula is C57H48N4OPt-2. The molecule has 0 atom stereocenters. The Hall–Kier alpha value is -6.55. The molecule has 314 valence electrons. The van der Waals surface area contributed by atoms with Crippen LogP contribution in [0.5, 0.6) is 11.5 Å². The summed E-state index contributed by atoms with van der Waals surface area (Å²) in [5.74, 6) is 1.20. The van der Waals surface area contributed by atoms with Crippen molar-refractivity contribution in [2.45, 2.75) is 47.4 Å². The SMILES string of the molecule is [2H]C([2H])(c1ccc2c(c1)c1ccc(Oc3[c-]c(-n4[c-][n+](-c5c(-c6ccccc6)cccc5-c5ccccc5)c5ccccc54)ccc3)[c-]c1n2-c1cc(C([2H])([2H])C(C)(C)C)ccn1)C(C)C.[Pt]. The fourth-order valence-corrected chi connectivity index (χ4v) is 8.33. The van der Waals surface area contributed by atoms with E-state index in [2.05, 4.69) is 102 Å². The van der Waals surface area contributed by atoms with E-state index in [1.165, 1.54) is 0 Å². The third-order valence-corrected chi connectivity index (χ3v) is 10.8. The van der Waals surface area contributed by atoms with Crippen molar-refractivity contribution < 1.29 is 35.9 Å². The molecule has 3 aromatic heterocycles. The van der Waals surface area contributed by atoms with Crippen LogP contribution in [0.25, 0.3) is 72.3 Å². The van der Waals surface area contributed by atoms with Gasteiger partial charge in [0.25, 0.3) is 6.33 Å². The van der Waals surface area contributed by atoms with Gasteiger partial charge >= 0.3 is 0 Å². The number of ether oxygens (including phenoxy) is 1. The maximum absolute atomic E-state index is 9.07. The quantitative estimate of drug-likeness (QED) is 0.101. The fourth-order valence-electron chi connectivity index (χ4n) is 8.33. The van der Waals surface area contributed by atoms with Gasteiger partial charge in [-0.05, 0) is 86.7 Å². The zero-order valence-corrected chi connectivity index (χ0v) is 38.0. The first-order chi connectivity index (χ1) is 31.7. The van der Waals surface area contributed by atoms with Crippen molar-refractivity contribution in [3.8, 4) is 50.9 Å². The van der Waals surface area contributed by atoms with Gasteiger partial charge in [0.05, 0.1) is 16.7 Å². The van der Waals surface area contributed by atoms with Crippen LogP contribution in [0.1, 0.15) is 51.2 Å². The average molecular weight is 1000 g/mol. The van der Waals surface area contributed by atoms with Crippen molar-refractivity contribution in [3.63, 3.8) is 0 Å². The molecule has 0 saturated heterocycles. The number of hydrogen-bond acceptors (Lipinski definition) is 2. The normalized spacial score (nSPS) is 13.1. The molecule has 0 N–H and O–H groups in total. The minimum Gasteiger partial charge on any atom is -0.510 e. The second-order valence-corrected chi connectivity index (χ2v) is 16.9. The van der Waals surface area contributed by atoms with Crippen molar-refractivity contribution in [3.05, 3.63) is 200 Å². The molecule has 63 heavy (non-hydrogen) atoms. The molecule has 0 bridgehead atoms. The van der Waals surface area contributed by atoms with Crippen LogP contribution < -0.4 is 9.30 Å². The third-order valence-electron chi connectivity index (χ3n) is 10.8. The van der Waals surface area contributed by atoms with Gasteiger partial charge in [0.2, 0.25) is 0 Å². The van der Waals surface area contributed by atoms with Crippen LogP contribution in [0.4, 0.5) is 0 Å². The van der Waals surface area contributed by atoms with Crippen molar-refractivity contribution in [2.75, 3.05) is 0 Å². The summed E-state index contributed by atoms with van der Waals surface area (Å²) in [6.45, 7) is 9.45. The Morgan fingerprint density at radius 2 is 1.35 bits per heavy atom. The number of rotatable bonds is 10. The van der Waals surface area contributed by atoms with E-state index in [1.54, 1.807) is 18.3 Å². The summed E-state index contributed by atoms with van der Waals surface area (Å²) in [6.07, 6.45) is 2.15. The predicted molar refractivity (Wildman–Crippen MR) is 253 cm³/mol. The van der Waals surface area contributed by atoms with Crippen LogP contribution in [0.15, 0.2) is 170 Å². The van der Waals surface area contributed by atoms with Gasteiger partial charge < -0.3 is 13.9 Å². The average Bonchev–Trinajstić information content (AvgIpc) is 3.87. The molecule has 3 heterocycles. The molecule has 0 amide bonds. The Kier molecular flexibility index (Phi) is 10.2. The van der Waals surface area contributed by atoms with Gasteiger partial charge in [-0.1, -0.05) is 155 Å². The summed E-state index contributed by atoms with van der Waals surface area (Å²) < 4.78 is 48.7. The first-order valence-electron chi connectivity index (χ1n) is 23.1. The maximum atomic E-state index is 9.07. The van der Waals surface area contributed by atoms with Crippen molar-refractivity contribution in [1.29, 1.82) is 0 Å². The molecule has 0 aliphatic rings. The Balaban J connectivity index is 0.00000562. The number of para-hydroxylation sites is 3. The number of nitrogens with zero attached hydrogens (tertiary/aromatic N) is 4. The number of imidazole rings is 1. The van der Waals surface area contributed by atoms with E-state index in [4.69, 9.17) is 15.2 Å². The Labute approximate surface area is 390 Å². The first kappa shape index (κ1) is 37.0. The Morgan fingerprint density at radius 1 is 0.667 bits per heavy atom. The number of fused-ring (bicyclic) bond motifs is 4. The molecule has 0 saturated carbocycles. The molecule has 7 aromatic carbocycles. The van der Waals surface area contributed by atoms with Crippen molar-refractivity contribution in [1.82, 2.24) is 14.1 Å². The Bertz CT molecular complexity index is 3370. The van der Waals surface area contributed by atoms with Crippen LogP contribution >= 0.6 is 0 Å². The standard InChI is InChI=1S/C57H48N4O.Pt/c1-39(2)32-40-26-29-51-50(33-40)49-28-27-46(36-54(49)61(51)55-34-41(30-31-58-55)37-57(3,4)5)62-45-21-14-20-44(35-45)59-38-60(53-25-13-12-24-52(53)59)56-47(42-16-8-6-9-17-42)22-15-23-48(56)43-18-10-7-11-19-43;/h6-31,33-34,39H,32,37H2,1-5H3;/q-2;/i32D2,37D2;. The summed E-state index contributed by atoms with van der Waals surface area (Å²) in [6, 6.07) is 61.5. The summed E-state index contributed by atoms with van der Waals surface area (Å²) in [5, 5.41) is 1.67. The molecule has 0 unspecified atom stereocenters. The van der Waals surface area contributed by atoms with E-state index in [0.29, 0.717) is 34.0 Å². The molecular weight excluding hydrogens is 952 g/mol. The minimum absolute atomic E-state index is 0. The number of hydrogen-bond donors (Lipinski definition) is 0. The summed E-state index contributed by atoms with van der Waals surface area (Å²) >= 11 is 0. The number of aromatic nitrogens is 4. The van der Waals surface area contributed by atoms with Gasteiger partial charge in [-0.15, -0.1) is 29.7 Å². The predicted octanol–water partition coefficient (Wildman–Crippen LogP) is 13.7. The molecule has 0 aliphatic heterocycles. The van der Waals surface area contributed by atoms with Crippen molar-refractivity contribution in [2.24, 2.45) is 11.3 Å². The van der Waals surface area contributed by atoms with Gasteiger partial charge in [0.15, 0.2) is 0 Å². The summed E-state index contributed by atoms with van der Waals surface area (Å²) in [7, 11) is 0. The van der Waals surface area contributed by atoms with Gasteiger partial charge in [0, 0.05) is 49.8 Å². The zero-order valence-electron chi connectivity index (χ0n) is 39.8. The molecule has 0 spiro atoms. The van der Waals surface area contributed by atoms with E-state index in [9.17, 15) is 0 Å². The zero-order chi connectivity index (χ0) is 46.0. The minimum atomic E-state index is -1.65. The van der Waals surface area contributed by atoms with E-state index in [0.717, 1.165) is 61.0 Å². The molecule has 10 rings (SSSR count). The summed E-state index contributed by atoms with van der Waals surface area (Å²) in [5.41, 5.74) is 9.90. The van der Waals surface area contributed by atoms with E-state index < -0.39 is 18.2 Å². The smallest absolute Gasteiger partial charge is 0.268 e. The van der Waals surface area contributed by atoms with Gasteiger partial charge in [-0.2, -0.15) is 18.2 Å². The van der Waals surface area contributed by atoms with Crippen molar-refractivity contribution >= 4 is 32.8 Å². The molecule has 10 aromatic rings. The van der Waals surface area contributed by atoms with Crippen LogP contribution in [0.2, 0.25) is 0 Å². The molecule has 5 nitrogen and oxygen atoms in total. The number of pyridine rings is 1. The molecule has 0 fully saturated rings. The second-order valence-electron chi connectivity index (χ2n) is 16.9. The van der Waals surface area contributed by atoms with E-state index >= 15 is 0 Å². The topological polar surface area (TPSA) is 35.9 Å². The molecule has 0 radical (unpaired) electrons. The largest absolute Gasteiger partial charge is 0.510 e. The summed E-state index contributed by atoms with van der Waals surface area (Å²) in [4.78, 5) is 4.78. The van der Waals surface area contributed by atoms with Gasteiger partial charge in [0.1, 0.15) is 5.82 Å². The van der Waals surface area contributed by atoms with Gasteiger partial charge in [-0.3, -0.25) is 4.57 Å². The van der Waals surface area contributed by atoms with Crippen LogP contribution in [0.3, 0.4) is 0 Å². The maximum Gasteiger partial charge on any atom is 0.268 e. The van der Waals surface area contributed by atoms with E-state index in [-0.39, 0.29) is 27.0 Å². The first-order valence-corrected chi connectivity index (χ1v) is 21.1. The van der Waals surface area contributed by atoms with Crippen LogP contribution in [0, 0.1) is 29.8 Å². The fraction of sp³-hybridized carbons (Fsp3) is 0.158. The van der Waals surface area contributed by atoms with Crippen LogP contribution in [-0.2, 0) is 33.8 Å². The van der Waals surface area contributed by atoms with Gasteiger partial charge in [-0.25, -0.2) is 4.98 Å². The molecule has 6 heteroatoms. The van der Waals surface area contributed by atoms with E-state index in [1.807, 2.05) is 117 Å². The second kappa shape index (κ2) is 17.3. The Morgan fingerprint density at radius 3 is 2.06 bits per heavy atom. The molecule has 0 aliphatic carbocycles. The van der Waals surface area contributed by atoms with Crippen LogP contribution in [-0.4, -0.2) is 14.1 Å². The monoisotopic (exact) mass is 1000 g/mol.